The number of sulfonamides is 1. The molecule has 0 fully saturated rings. The minimum atomic E-state index is -4.05. The summed E-state index contributed by atoms with van der Waals surface area (Å²) >= 11 is 0. The Bertz CT molecular complexity index is 899. The molecule has 25 heavy (non-hydrogen) atoms. The highest BCUT2D eigenvalue weighted by Crippen LogP contribution is 2.27. The van der Waals surface area contributed by atoms with E-state index in [1.165, 1.54) is 7.11 Å². The number of carboxylic acids is 1. The Kier molecular flexibility index (Phi) is 5.83. The number of methoxy groups -OCH3 is 1. The van der Waals surface area contributed by atoms with Crippen molar-refractivity contribution in [1.29, 1.82) is 0 Å². The van der Waals surface area contributed by atoms with Gasteiger partial charge in [0.25, 0.3) is 0 Å². The molecule has 134 valence electrons. The molecule has 0 saturated heterocycles. The van der Waals surface area contributed by atoms with Crippen LogP contribution in [0.25, 0.3) is 11.1 Å². The largest absolute Gasteiger partial charge is 0.478 e. The Hall–Kier alpha value is -2.36. The molecule has 2 aromatic carbocycles. The maximum Gasteiger partial charge on any atom is 0.335 e. The normalized spacial score (nSPS) is 11.5. The average molecular weight is 371 g/mol. The predicted molar refractivity (Wildman–Crippen MR) is 85.8 cm³/mol. The lowest BCUT2D eigenvalue weighted by molar-refractivity contribution is 0.0696. The average Bonchev–Trinajstić information content (AvgIpc) is 2.56. The maximum absolute atomic E-state index is 14.0. The first-order valence-electron chi connectivity index (χ1n) is 7.07. The molecule has 0 spiro atoms. The lowest BCUT2D eigenvalue weighted by Crippen LogP contribution is -2.27. The van der Waals surface area contributed by atoms with E-state index < -0.39 is 27.6 Å². The monoisotopic (exact) mass is 371 g/mol. The van der Waals surface area contributed by atoms with Crippen molar-refractivity contribution >= 4 is 16.0 Å². The van der Waals surface area contributed by atoms with Crippen LogP contribution in [0.1, 0.15) is 10.4 Å². The van der Waals surface area contributed by atoms with Crippen LogP contribution in [-0.2, 0) is 14.8 Å². The third kappa shape index (κ3) is 4.59. The zero-order chi connectivity index (χ0) is 18.6. The molecule has 0 atom stereocenters. The molecule has 2 N–H and O–H groups in total. The van der Waals surface area contributed by atoms with E-state index in [1.54, 1.807) is 0 Å². The van der Waals surface area contributed by atoms with E-state index in [4.69, 9.17) is 4.74 Å². The Balaban J connectivity index is 2.57. The smallest absolute Gasteiger partial charge is 0.335 e. The van der Waals surface area contributed by atoms with Crippen molar-refractivity contribution in [3.63, 3.8) is 0 Å². The van der Waals surface area contributed by atoms with Crippen LogP contribution in [0.15, 0.2) is 41.3 Å². The highest BCUT2D eigenvalue weighted by atomic mass is 32.2. The van der Waals surface area contributed by atoms with Crippen LogP contribution in [-0.4, -0.2) is 39.8 Å². The van der Waals surface area contributed by atoms with E-state index in [0.717, 1.165) is 36.4 Å². The molecule has 0 unspecified atom stereocenters. The molecule has 0 amide bonds. The number of carbonyl (C=O) groups is 1. The summed E-state index contributed by atoms with van der Waals surface area (Å²) in [5.41, 5.74) is -0.672. The minimum absolute atomic E-state index is 0.0280. The Morgan fingerprint density at radius 2 is 1.92 bits per heavy atom. The van der Waals surface area contributed by atoms with Crippen LogP contribution in [0.5, 0.6) is 0 Å². The van der Waals surface area contributed by atoms with Crippen LogP contribution < -0.4 is 4.72 Å². The number of ether oxygens (including phenoxy) is 1. The summed E-state index contributed by atoms with van der Waals surface area (Å²) in [6, 6.07) is 5.75. The first kappa shape index (κ1) is 19.0. The molecule has 9 heteroatoms. The van der Waals surface area contributed by atoms with Crippen molar-refractivity contribution in [1.82, 2.24) is 4.72 Å². The zero-order valence-corrected chi connectivity index (χ0v) is 13.9. The van der Waals surface area contributed by atoms with Gasteiger partial charge in [-0.1, -0.05) is 0 Å². The topological polar surface area (TPSA) is 92.7 Å². The number of rotatable bonds is 7. The second kappa shape index (κ2) is 7.68. The number of benzene rings is 2. The third-order valence-electron chi connectivity index (χ3n) is 3.30. The molecule has 0 heterocycles. The fourth-order valence-corrected chi connectivity index (χ4v) is 3.20. The third-order valence-corrected chi connectivity index (χ3v) is 4.74. The van der Waals surface area contributed by atoms with E-state index in [2.05, 4.69) is 4.72 Å². The van der Waals surface area contributed by atoms with Crippen molar-refractivity contribution in [3.8, 4) is 11.1 Å². The van der Waals surface area contributed by atoms with Gasteiger partial charge in [-0.05, 0) is 42.0 Å². The van der Waals surface area contributed by atoms with Gasteiger partial charge in [0.05, 0.1) is 17.1 Å². The Morgan fingerprint density at radius 1 is 1.20 bits per heavy atom. The second-order valence-corrected chi connectivity index (χ2v) is 6.83. The predicted octanol–water partition coefficient (Wildman–Crippen LogP) is 2.25. The van der Waals surface area contributed by atoms with Crippen LogP contribution in [0.4, 0.5) is 8.78 Å². The number of aromatic carboxylic acids is 1. The van der Waals surface area contributed by atoms with Gasteiger partial charge in [0.1, 0.15) is 11.6 Å². The molecule has 0 aromatic heterocycles. The molecule has 0 aliphatic carbocycles. The fourth-order valence-electron chi connectivity index (χ4n) is 2.11. The van der Waals surface area contributed by atoms with Crippen LogP contribution in [0, 0.1) is 11.6 Å². The quantitative estimate of drug-likeness (QED) is 0.729. The van der Waals surface area contributed by atoms with Crippen molar-refractivity contribution < 1.29 is 31.8 Å². The number of carboxylic acid groups (broad SMARTS) is 1. The molecule has 2 aromatic rings. The first-order chi connectivity index (χ1) is 11.7. The SMILES string of the molecule is COCCNS(=O)(=O)c1cc(C(=O)O)cc(-c2cc(F)ccc2F)c1. The van der Waals surface area contributed by atoms with Gasteiger partial charge in [-0.2, -0.15) is 0 Å². The fraction of sp³-hybridized carbons (Fsp3) is 0.188. The summed E-state index contributed by atoms with van der Waals surface area (Å²) in [5, 5.41) is 9.18. The van der Waals surface area contributed by atoms with Gasteiger partial charge in [0.2, 0.25) is 10.0 Å². The highest BCUT2D eigenvalue weighted by molar-refractivity contribution is 7.89. The lowest BCUT2D eigenvalue weighted by atomic mass is 10.0. The summed E-state index contributed by atoms with van der Waals surface area (Å²) in [5.74, 6) is -2.94. The van der Waals surface area contributed by atoms with E-state index >= 15 is 0 Å². The van der Waals surface area contributed by atoms with Gasteiger partial charge < -0.3 is 9.84 Å². The molecule has 0 radical (unpaired) electrons. The van der Waals surface area contributed by atoms with E-state index in [1.807, 2.05) is 0 Å². The lowest BCUT2D eigenvalue weighted by Gasteiger charge is -2.11. The zero-order valence-electron chi connectivity index (χ0n) is 13.1. The highest BCUT2D eigenvalue weighted by Gasteiger charge is 2.19. The van der Waals surface area contributed by atoms with Crippen molar-refractivity contribution in [3.05, 3.63) is 53.6 Å². The van der Waals surface area contributed by atoms with Crippen molar-refractivity contribution in [2.24, 2.45) is 0 Å². The first-order valence-corrected chi connectivity index (χ1v) is 8.55. The summed E-state index contributed by atoms with van der Waals surface area (Å²) in [4.78, 5) is 10.9. The maximum atomic E-state index is 14.0. The minimum Gasteiger partial charge on any atom is -0.478 e. The summed E-state index contributed by atoms with van der Waals surface area (Å²) in [6.07, 6.45) is 0. The molecule has 0 bridgehead atoms. The van der Waals surface area contributed by atoms with Gasteiger partial charge in [-0.25, -0.2) is 26.7 Å². The molecule has 0 aliphatic heterocycles. The Labute approximate surface area is 143 Å². The van der Waals surface area contributed by atoms with Gasteiger partial charge >= 0.3 is 5.97 Å². The molecule has 0 saturated carbocycles. The number of hydrogen-bond acceptors (Lipinski definition) is 4. The standard InChI is InChI=1S/C16H15F2NO5S/c1-24-5-4-19-25(22,23)13-7-10(6-11(8-13)16(20)21)14-9-12(17)2-3-15(14)18/h2-3,6-9,19H,4-5H2,1H3,(H,20,21). The summed E-state index contributed by atoms with van der Waals surface area (Å²) < 4.78 is 58.9. The summed E-state index contributed by atoms with van der Waals surface area (Å²) in [6.45, 7) is 0.0863. The van der Waals surface area contributed by atoms with E-state index in [-0.39, 0.29) is 34.7 Å². The van der Waals surface area contributed by atoms with Gasteiger partial charge in [-0.3, -0.25) is 0 Å². The van der Waals surface area contributed by atoms with Crippen LogP contribution in [0.3, 0.4) is 0 Å². The van der Waals surface area contributed by atoms with E-state index in [9.17, 15) is 27.1 Å². The van der Waals surface area contributed by atoms with Crippen molar-refractivity contribution in [2.45, 2.75) is 4.90 Å². The van der Waals surface area contributed by atoms with Gasteiger partial charge in [0, 0.05) is 19.2 Å². The molecule has 6 nitrogen and oxygen atoms in total. The number of hydrogen-bond donors (Lipinski definition) is 2. The Morgan fingerprint density at radius 3 is 2.56 bits per heavy atom. The number of nitrogens with one attached hydrogen (secondary N) is 1. The number of halogens is 2. The van der Waals surface area contributed by atoms with E-state index in [0.29, 0.717) is 0 Å². The molecule has 2 rings (SSSR count). The second-order valence-electron chi connectivity index (χ2n) is 5.07. The van der Waals surface area contributed by atoms with Gasteiger partial charge in [-0.15, -0.1) is 0 Å². The van der Waals surface area contributed by atoms with Gasteiger partial charge in [0.15, 0.2) is 0 Å². The van der Waals surface area contributed by atoms with Crippen molar-refractivity contribution in [2.75, 3.05) is 20.3 Å². The molecular formula is C16H15F2NO5S. The van der Waals surface area contributed by atoms with Crippen LogP contribution >= 0.6 is 0 Å². The molecule has 0 aliphatic rings. The molecular weight excluding hydrogens is 356 g/mol. The summed E-state index contributed by atoms with van der Waals surface area (Å²) in [7, 11) is -2.66. The van der Waals surface area contributed by atoms with Crippen LogP contribution in [0.2, 0.25) is 0 Å².